The van der Waals surface area contributed by atoms with Crippen molar-refractivity contribution in [3.05, 3.63) is 47.2 Å². The first-order valence-corrected chi connectivity index (χ1v) is 8.00. The van der Waals surface area contributed by atoms with Crippen LogP contribution in [0.25, 0.3) is 6.08 Å². The summed E-state index contributed by atoms with van der Waals surface area (Å²) in [6.07, 6.45) is 1.58. The maximum Gasteiger partial charge on any atom is 0.231 e. The van der Waals surface area contributed by atoms with Crippen molar-refractivity contribution in [2.24, 2.45) is 0 Å². The van der Waals surface area contributed by atoms with E-state index in [1.807, 2.05) is 6.07 Å². The summed E-state index contributed by atoms with van der Waals surface area (Å²) < 4.78 is 27.0. The van der Waals surface area contributed by atoms with Gasteiger partial charge in [0.2, 0.25) is 11.5 Å². The van der Waals surface area contributed by atoms with Crippen LogP contribution in [0.4, 0.5) is 0 Å². The van der Waals surface area contributed by atoms with Crippen LogP contribution in [0.1, 0.15) is 15.9 Å². The van der Waals surface area contributed by atoms with Crippen molar-refractivity contribution in [3.63, 3.8) is 0 Å². The molecular formula is C20H17NO6. The molecule has 0 N–H and O–H groups in total. The molecule has 3 rings (SSSR count). The fourth-order valence-corrected chi connectivity index (χ4v) is 2.75. The molecule has 7 nitrogen and oxygen atoms in total. The van der Waals surface area contributed by atoms with E-state index in [0.29, 0.717) is 39.9 Å². The van der Waals surface area contributed by atoms with E-state index in [9.17, 15) is 4.79 Å². The monoisotopic (exact) mass is 367 g/mol. The number of fused-ring (bicyclic) bond motifs is 1. The van der Waals surface area contributed by atoms with Crippen molar-refractivity contribution in [2.75, 3.05) is 27.9 Å². The quantitative estimate of drug-likeness (QED) is 0.724. The third-order valence-electron chi connectivity index (χ3n) is 3.97. The molecule has 0 amide bonds. The maximum absolute atomic E-state index is 12.6. The Kier molecular flexibility index (Phi) is 5.18. The summed E-state index contributed by atoms with van der Waals surface area (Å²) in [5.41, 5.74) is 1.03. The highest BCUT2D eigenvalue weighted by Gasteiger charge is 2.28. The first-order chi connectivity index (χ1) is 13.1. The van der Waals surface area contributed by atoms with Crippen LogP contribution in [0.15, 0.2) is 36.1 Å². The molecule has 1 aliphatic heterocycles. The summed E-state index contributed by atoms with van der Waals surface area (Å²) in [6, 6.07) is 10.2. The predicted octanol–water partition coefficient (Wildman–Crippen LogP) is 3.23. The Balaban J connectivity index is 1.97. The van der Waals surface area contributed by atoms with Crippen molar-refractivity contribution in [3.8, 4) is 34.8 Å². The van der Waals surface area contributed by atoms with Gasteiger partial charge in [-0.3, -0.25) is 4.79 Å². The molecule has 0 atom stereocenters. The topological polar surface area (TPSA) is 87.0 Å². The summed E-state index contributed by atoms with van der Waals surface area (Å²) in [7, 11) is 4.54. The van der Waals surface area contributed by atoms with E-state index in [1.54, 1.807) is 36.4 Å². The Hall–Kier alpha value is -3.66. The second-order valence-corrected chi connectivity index (χ2v) is 5.47. The SMILES string of the molecule is COc1ccc(/C=C2\Oc3cc(OCC#N)ccc3C2=O)c(OC)c1OC. The molecule has 0 aliphatic carbocycles. The third-order valence-corrected chi connectivity index (χ3v) is 3.97. The third kappa shape index (κ3) is 3.37. The van der Waals surface area contributed by atoms with Crippen molar-refractivity contribution >= 4 is 11.9 Å². The molecule has 1 aliphatic rings. The Labute approximate surface area is 156 Å². The average molecular weight is 367 g/mol. The maximum atomic E-state index is 12.6. The van der Waals surface area contributed by atoms with Gasteiger partial charge in [-0.15, -0.1) is 0 Å². The molecule has 0 unspecified atom stereocenters. The Bertz CT molecular complexity index is 958. The molecule has 138 valence electrons. The summed E-state index contributed by atoms with van der Waals surface area (Å²) in [5.74, 6) is 2.08. The van der Waals surface area contributed by atoms with Crippen LogP contribution in [0.3, 0.4) is 0 Å². The van der Waals surface area contributed by atoms with E-state index < -0.39 is 0 Å². The number of carbonyl (C=O) groups is 1. The summed E-state index contributed by atoms with van der Waals surface area (Å²) in [4.78, 5) is 12.6. The number of carbonyl (C=O) groups excluding carboxylic acids is 1. The number of ether oxygens (including phenoxy) is 5. The van der Waals surface area contributed by atoms with E-state index in [0.717, 1.165) is 0 Å². The lowest BCUT2D eigenvalue weighted by molar-refractivity contribution is 0.101. The first kappa shape index (κ1) is 18.1. The van der Waals surface area contributed by atoms with Gasteiger partial charge in [0, 0.05) is 11.6 Å². The fourth-order valence-electron chi connectivity index (χ4n) is 2.75. The standard InChI is InChI=1S/C20H17NO6/c1-23-15-7-4-12(19(24-2)20(15)25-3)10-17-18(22)14-6-5-13(26-9-8-21)11-16(14)27-17/h4-7,10-11H,9H2,1-3H3/b17-10-. The lowest BCUT2D eigenvalue weighted by Gasteiger charge is -2.14. The van der Waals surface area contributed by atoms with E-state index in [4.69, 9.17) is 28.9 Å². The van der Waals surface area contributed by atoms with Gasteiger partial charge in [-0.1, -0.05) is 0 Å². The Morgan fingerprint density at radius 3 is 2.52 bits per heavy atom. The zero-order chi connectivity index (χ0) is 19.4. The van der Waals surface area contributed by atoms with Gasteiger partial charge in [0.05, 0.1) is 26.9 Å². The zero-order valence-corrected chi connectivity index (χ0v) is 15.1. The first-order valence-electron chi connectivity index (χ1n) is 8.00. The molecule has 0 saturated carbocycles. The molecule has 7 heteroatoms. The van der Waals surface area contributed by atoms with Crippen LogP contribution < -0.4 is 23.7 Å². The van der Waals surface area contributed by atoms with Crippen molar-refractivity contribution in [2.45, 2.75) is 0 Å². The van der Waals surface area contributed by atoms with Crippen molar-refractivity contribution in [1.29, 1.82) is 5.26 Å². The van der Waals surface area contributed by atoms with Crippen LogP contribution in [0.2, 0.25) is 0 Å². The molecule has 2 aromatic carbocycles. The molecule has 0 fully saturated rings. The molecule has 0 saturated heterocycles. The highest BCUT2D eigenvalue weighted by molar-refractivity contribution is 6.14. The Morgan fingerprint density at radius 1 is 1.07 bits per heavy atom. The molecule has 27 heavy (non-hydrogen) atoms. The van der Waals surface area contributed by atoms with Crippen LogP contribution in [-0.2, 0) is 0 Å². The molecule has 0 aromatic heterocycles. The fraction of sp³-hybridized carbons (Fsp3) is 0.200. The second-order valence-electron chi connectivity index (χ2n) is 5.47. The number of rotatable bonds is 6. The summed E-state index contributed by atoms with van der Waals surface area (Å²) >= 11 is 0. The lowest BCUT2D eigenvalue weighted by Crippen LogP contribution is -2.00. The Morgan fingerprint density at radius 2 is 1.85 bits per heavy atom. The van der Waals surface area contributed by atoms with Crippen molar-refractivity contribution in [1.82, 2.24) is 0 Å². The van der Waals surface area contributed by atoms with Crippen LogP contribution in [-0.4, -0.2) is 33.7 Å². The van der Waals surface area contributed by atoms with Gasteiger partial charge in [0.15, 0.2) is 23.9 Å². The smallest absolute Gasteiger partial charge is 0.231 e. The minimum absolute atomic E-state index is 0.0850. The lowest BCUT2D eigenvalue weighted by atomic mass is 10.1. The van der Waals surface area contributed by atoms with Gasteiger partial charge in [-0.2, -0.15) is 5.26 Å². The average Bonchev–Trinajstić information content (AvgIpc) is 3.00. The number of nitrogens with zero attached hydrogens (tertiary/aromatic N) is 1. The van der Waals surface area contributed by atoms with Gasteiger partial charge >= 0.3 is 0 Å². The number of hydrogen-bond acceptors (Lipinski definition) is 7. The van der Waals surface area contributed by atoms with E-state index >= 15 is 0 Å². The largest absolute Gasteiger partial charge is 0.493 e. The molecule has 0 bridgehead atoms. The minimum atomic E-state index is -0.256. The van der Waals surface area contributed by atoms with Gasteiger partial charge in [-0.05, 0) is 30.3 Å². The number of methoxy groups -OCH3 is 3. The zero-order valence-electron chi connectivity index (χ0n) is 15.1. The molecular weight excluding hydrogens is 350 g/mol. The minimum Gasteiger partial charge on any atom is -0.493 e. The molecule has 1 heterocycles. The van der Waals surface area contributed by atoms with Gasteiger partial charge in [-0.25, -0.2) is 0 Å². The molecule has 0 radical (unpaired) electrons. The van der Waals surface area contributed by atoms with Crippen LogP contribution >= 0.6 is 0 Å². The van der Waals surface area contributed by atoms with E-state index in [-0.39, 0.29) is 18.1 Å². The highest BCUT2D eigenvalue weighted by atomic mass is 16.5. The van der Waals surface area contributed by atoms with E-state index in [2.05, 4.69) is 0 Å². The molecule has 0 spiro atoms. The highest BCUT2D eigenvalue weighted by Crippen LogP contribution is 2.42. The normalized spacial score (nSPS) is 13.6. The number of hydrogen-bond donors (Lipinski definition) is 0. The van der Waals surface area contributed by atoms with Crippen LogP contribution in [0.5, 0.6) is 28.7 Å². The number of benzene rings is 2. The van der Waals surface area contributed by atoms with Gasteiger partial charge in [0.1, 0.15) is 17.6 Å². The number of ketones is 1. The van der Waals surface area contributed by atoms with Gasteiger partial charge < -0.3 is 23.7 Å². The van der Waals surface area contributed by atoms with Crippen molar-refractivity contribution < 1.29 is 28.5 Å². The summed E-state index contributed by atoms with van der Waals surface area (Å²) in [6.45, 7) is -0.0850. The predicted molar refractivity (Wildman–Crippen MR) is 96.6 cm³/mol. The second kappa shape index (κ2) is 7.70. The number of nitriles is 1. The van der Waals surface area contributed by atoms with Gasteiger partial charge in [0.25, 0.3) is 0 Å². The molecule has 2 aromatic rings. The van der Waals surface area contributed by atoms with E-state index in [1.165, 1.54) is 21.3 Å². The number of allylic oxidation sites excluding steroid dienone is 1. The summed E-state index contributed by atoms with van der Waals surface area (Å²) in [5, 5.41) is 8.60. The van der Waals surface area contributed by atoms with Crippen LogP contribution in [0, 0.1) is 11.3 Å². The number of Topliss-reactive ketones (excluding diaryl/α,β-unsaturated/α-hetero) is 1.